The van der Waals surface area contributed by atoms with Crippen LogP contribution in [0.3, 0.4) is 0 Å². The predicted molar refractivity (Wildman–Crippen MR) is 105 cm³/mol. The molecule has 0 bridgehead atoms. The van der Waals surface area contributed by atoms with Crippen LogP contribution in [-0.2, 0) is 19.8 Å². The molecule has 0 heterocycles. The minimum absolute atomic E-state index is 0.0909. The van der Waals surface area contributed by atoms with E-state index < -0.39 is 17.3 Å². The summed E-state index contributed by atoms with van der Waals surface area (Å²) in [5, 5.41) is 15.1. The van der Waals surface area contributed by atoms with Crippen LogP contribution in [0, 0.1) is 5.92 Å². The molecule has 0 saturated carbocycles. The third-order valence-corrected chi connectivity index (χ3v) is 4.36. The van der Waals surface area contributed by atoms with Gasteiger partial charge in [-0.15, -0.1) is 0 Å². The SMILES string of the molecule is CC(C)C(=O)Nc1ccc(NC(=O)CC(C)(C(=O)O)c2ccccc2)cc1. The molecule has 0 saturated heterocycles. The minimum atomic E-state index is -1.32. The second-order valence-corrected chi connectivity index (χ2v) is 6.95. The average molecular weight is 368 g/mol. The molecule has 0 aromatic heterocycles. The zero-order valence-corrected chi connectivity index (χ0v) is 15.7. The van der Waals surface area contributed by atoms with Crippen LogP contribution in [0.2, 0.25) is 0 Å². The Labute approximate surface area is 158 Å². The van der Waals surface area contributed by atoms with Gasteiger partial charge < -0.3 is 15.7 Å². The molecule has 3 N–H and O–H groups in total. The van der Waals surface area contributed by atoms with Crippen molar-refractivity contribution in [3.63, 3.8) is 0 Å². The van der Waals surface area contributed by atoms with Gasteiger partial charge in [-0.25, -0.2) is 0 Å². The first-order valence-electron chi connectivity index (χ1n) is 8.72. The molecule has 0 aliphatic carbocycles. The quantitative estimate of drug-likeness (QED) is 0.695. The van der Waals surface area contributed by atoms with Gasteiger partial charge in [0.2, 0.25) is 11.8 Å². The van der Waals surface area contributed by atoms with Crippen molar-refractivity contribution in [2.24, 2.45) is 5.92 Å². The monoisotopic (exact) mass is 368 g/mol. The lowest BCUT2D eigenvalue weighted by Gasteiger charge is -2.24. The maximum absolute atomic E-state index is 12.4. The van der Waals surface area contributed by atoms with Gasteiger partial charge in [-0.1, -0.05) is 44.2 Å². The van der Waals surface area contributed by atoms with Crippen molar-refractivity contribution in [1.82, 2.24) is 0 Å². The number of nitrogens with one attached hydrogen (secondary N) is 2. The van der Waals surface area contributed by atoms with Gasteiger partial charge in [-0.05, 0) is 36.8 Å². The van der Waals surface area contributed by atoms with E-state index in [-0.39, 0.29) is 18.2 Å². The Balaban J connectivity index is 2.06. The molecule has 0 aliphatic rings. The number of rotatable bonds is 7. The fourth-order valence-corrected chi connectivity index (χ4v) is 2.56. The van der Waals surface area contributed by atoms with E-state index >= 15 is 0 Å². The molecule has 142 valence electrons. The first-order valence-corrected chi connectivity index (χ1v) is 8.72. The smallest absolute Gasteiger partial charge is 0.314 e. The molecule has 0 aliphatic heterocycles. The molecule has 0 fully saturated rings. The van der Waals surface area contributed by atoms with Crippen LogP contribution in [0.25, 0.3) is 0 Å². The summed E-state index contributed by atoms with van der Waals surface area (Å²) in [6.07, 6.45) is -0.196. The molecule has 2 amide bonds. The van der Waals surface area contributed by atoms with Crippen LogP contribution in [-0.4, -0.2) is 22.9 Å². The van der Waals surface area contributed by atoms with E-state index in [1.165, 1.54) is 6.92 Å². The molecule has 6 nitrogen and oxygen atoms in total. The van der Waals surface area contributed by atoms with E-state index in [1.807, 2.05) is 0 Å². The molecule has 1 atom stereocenters. The van der Waals surface area contributed by atoms with E-state index in [0.29, 0.717) is 16.9 Å². The molecule has 27 heavy (non-hydrogen) atoms. The van der Waals surface area contributed by atoms with Gasteiger partial charge in [0.1, 0.15) is 0 Å². The first-order chi connectivity index (χ1) is 12.7. The number of carbonyl (C=O) groups excluding carboxylic acids is 2. The summed E-state index contributed by atoms with van der Waals surface area (Å²) in [5.74, 6) is -1.68. The Morgan fingerprint density at radius 2 is 1.44 bits per heavy atom. The lowest BCUT2D eigenvalue weighted by atomic mass is 9.79. The summed E-state index contributed by atoms with van der Waals surface area (Å²) in [7, 11) is 0. The number of benzene rings is 2. The molecule has 0 spiro atoms. The molecular weight excluding hydrogens is 344 g/mol. The van der Waals surface area contributed by atoms with Crippen LogP contribution in [0.1, 0.15) is 32.8 Å². The van der Waals surface area contributed by atoms with Crippen molar-refractivity contribution < 1.29 is 19.5 Å². The number of carboxylic acid groups (broad SMARTS) is 1. The Kier molecular flexibility index (Phi) is 6.34. The molecule has 1 unspecified atom stereocenters. The van der Waals surface area contributed by atoms with E-state index in [0.717, 1.165) is 0 Å². The highest BCUT2D eigenvalue weighted by Crippen LogP contribution is 2.28. The van der Waals surface area contributed by atoms with Crippen molar-refractivity contribution in [2.75, 3.05) is 10.6 Å². The van der Waals surface area contributed by atoms with Gasteiger partial charge in [0, 0.05) is 23.7 Å². The van der Waals surface area contributed by atoms with Gasteiger partial charge in [-0.3, -0.25) is 14.4 Å². The summed E-state index contributed by atoms with van der Waals surface area (Å²) < 4.78 is 0. The van der Waals surface area contributed by atoms with Crippen LogP contribution in [0.4, 0.5) is 11.4 Å². The summed E-state index contributed by atoms with van der Waals surface area (Å²) in [4.78, 5) is 35.9. The van der Waals surface area contributed by atoms with Crippen LogP contribution in [0.5, 0.6) is 0 Å². The van der Waals surface area contributed by atoms with Gasteiger partial charge in [0.05, 0.1) is 5.41 Å². The number of carbonyl (C=O) groups is 3. The fraction of sp³-hybridized carbons (Fsp3) is 0.286. The minimum Gasteiger partial charge on any atom is -0.481 e. The van der Waals surface area contributed by atoms with Gasteiger partial charge in [-0.2, -0.15) is 0 Å². The first kappa shape index (κ1) is 20.2. The van der Waals surface area contributed by atoms with Crippen LogP contribution in [0.15, 0.2) is 54.6 Å². The van der Waals surface area contributed by atoms with Crippen molar-refractivity contribution in [2.45, 2.75) is 32.6 Å². The van der Waals surface area contributed by atoms with Gasteiger partial charge in [0.15, 0.2) is 0 Å². The van der Waals surface area contributed by atoms with E-state index in [1.54, 1.807) is 68.4 Å². The highest BCUT2D eigenvalue weighted by Gasteiger charge is 2.37. The predicted octanol–water partition coefficient (Wildman–Crippen LogP) is 3.65. The third kappa shape index (κ3) is 5.17. The standard InChI is InChI=1S/C21H24N2O4/c1-14(2)19(25)23-17-11-9-16(10-12-17)22-18(24)13-21(3,20(26)27)15-7-5-4-6-8-15/h4-12,14H,13H2,1-3H3,(H,22,24)(H,23,25)(H,26,27). The summed E-state index contributed by atoms with van der Waals surface area (Å²) in [5.41, 5.74) is 0.408. The fourth-order valence-electron chi connectivity index (χ4n) is 2.56. The zero-order chi connectivity index (χ0) is 20.0. The molecule has 2 aromatic carbocycles. The number of aliphatic carboxylic acids is 1. The Bertz CT molecular complexity index is 816. The van der Waals surface area contributed by atoms with Gasteiger partial charge in [0.25, 0.3) is 0 Å². The van der Waals surface area contributed by atoms with E-state index in [2.05, 4.69) is 10.6 Å². The van der Waals surface area contributed by atoms with E-state index in [4.69, 9.17) is 0 Å². The molecule has 2 aromatic rings. The normalized spacial score (nSPS) is 12.9. The van der Waals surface area contributed by atoms with Crippen molar-refractivity contribution in [3.05, 3.63) is 60.2 Å². The number of carboxylic acids is 1. The van der Waals surface area contributed by atoms with Gasteiger partial charge >= 0.3 is 5.97 Å². The molecule has 2 rings (SSSR count). The Morgan fingerprint density at radius 1 is 0.926 bits per heavy atom. The summed E-state index contributed by atoms with van der Waals surface area (Å²) in [6, 6.07) is 15.4. The lowest BCUT2D eigenvalue weighted by molar-refractivity contribution is -0.145. The third-order valence-electron chi connectivity index (χ3n) is 4.36. The molecule has 0 radical (unpaired) electrons. The second-order valence-electron chi connectivity index (χ2n) is 6.95. The molecular formula is C21H24N2O4. The maximum Gasteiger partial charge on any atom is 0.314 e. The number of anilines is 2. The Morgan fingerprint density at radius 3 is 1.93 bits per heavy atom. The summed E-state index contributed by atoms with van der Waals surface area (Å²) >= 11 is 0. The highest BCUT2D eigenvalue weighted by molar-refractivity contribution is 5.97. The van der Waals surface area contributed by atoms with Crippen molar-refractivity contribution >= 4 is 29.2 Å². The summed E-state index contributed by atoms with van der Waals surface area (Å²) in [6.45, 7) is 5.14. The number of hydrogen-bond donors (Lipinski definition) is 3. The van der Waals surface area contributed by atoms with Crippen molar-refractivity contribution in [3.8, 4) is 0 Å². The zero-order valence-electron chi connectivity index (χ0n) is 15.7. The maximum atomic E-state index is 12.4. The van der Waals surface area contributed by atoms with Crippen molar-refractivity contribution in [1.29, 1.82) is 0 Å². The largest absolute Gasteiger partial charge is 0.481 e. The average Bonchev–Trinajstić information content (AvgIpc) is 2.63. The second kappa shape index (κ2) is 8.49. The molecule has 6 heteroatoms. The number of amides is 2. The van der Waals surface area contributed by atoms with Crippen LogP contribution >= 0.6 is 0 Å². The lowest BCUT2D eigenvalue weighted by Crippen LogP contribution is -2.36. The Hall–Kier alpha value is -3.15. The number of hydrogen-bond acceptors (Lipinski definition) is 3. The van der Waals surface area contributed by atoms with Crippen LogP contribution < -0.4 is 10.6 Å². The topological polar surface area (TPSA) is 95.5 Å². The van der Waals surface area contributed by atoms with E-state index in [9.17, 15) is 19.5 Å². The highest BCUT2D eigenvalue weighted by atomic mass is 16.4.